The molecule has 44 heavy (non-hydrogen) atoms. The fourth-order valence-electron chi connectivity index (χ4n) is 3.56. The van der Waals surface area contributed by atoms with Gasteiger partial charge >= 0.3 is 0 Å². The van der Waals surface area contributed by atoms with Gasteiger partial charge in [0.25, 0.3) is 21.4 Å². The summed E-state index contributed by atoms with van der Waals surface area (Å²) in [5.74, 6) is -4.59. The summed E-state index contributed by atoms with van der Waals surface area (Å²) in [6, 6.07) is 18.2. The van der Waals surface area contributed by atoms with Crippen LogP contribution in [0.25, 0.3) is 23.3 Å². The predicted molar refractivity (Wildman–Crippen MR) is 163 cm³/mol. The van der Waals surface area contributed by atoms with Gasteiger partial charge in [0.2, 0.25) is 0 Å². The molecule has 4 rings (SSSR count). The number of hydrogen-bond donors (Lipinski definition) is 2. The van der Waals surface area contributed by atoms with Crippen LogP contribution in [0.15, 0.2) is 84.9 Å². The second-order valence-corrected chi connectivity index (χ2v) is 11.2. The molecular weight excluding hydrogens is 667 g/mol. The summed E-state index contributed by atoms with van der Waals surface area (Å²) in [4.78, 5) is 23.6. The van der Waals surface area contributed by atoms with E-state index < -0.39 is 44.6 Å². The van der Waals surface area contributed by atoms with Crippen molar-refractivity contribution in [3.05, 3.63) is 140 Å². The van der Waals surface area contributed by atoms with E-state index in [9.17, 15) is 35.6 Å². The highest BCUT2D eigenvalue weighted by Crippen LogP contribution is 2.25. The predicted octanol–water partition coefficient (Wildman–Crippen LogP) is 7.40. The Morgan fingerprint density at radius 1 is 0.659 bits per heavy atom. The highest BCUT2D eigenvalue weighted by molar-refractivity contribution is 7.87. The molecule has 0 atom stereocenters. The third-order valence-corrected chi connectivity index (χ3v) is 6.67. The van der Waals surface area contributed by atoms with Gasteiger partial charge in [0.05, 0.1) is 5.57 Å². The number of carbonyl (C=O) groups excluding carboxylic acids is 2. The van der Waals surface area contributed by atoms with Gasteiger partial charge in [0.15, 0.2) is 0 Å². The highest BCUT2D eigenvalue weighted by atomic mass is 35.5. The van der Waals surface area contributed by atoms with Crippen LogP contribution in [-0.4, -0.2) is 19.6 Å². The summed E-state index contributed by atoms with van der Waals surface area (Å²) in [5.41, 5.74) is 0.342. The zero-order valence-electron chi connectivity index (χ0n) is 22.0. The topological polar surface area (TPSA) is 106 Å². The molecule has 0 heterocycles. The Bertz CT molecular complexity index is 1870. The van der Waals surface area contributed by atoms with Crippen molar-refractivity contribution < 1.29 is 35.6 Å². The van der Waals surface area contributed by atoms with Crippen LogP contribution in [0, 0.1) is 23.3 Å². The Labute approximate surface area is 264 Å². The molecule has 0 unspecified atom stereocenters. The molecule has 4 aromatic rings. The average Bonchev–Trinajstić information content (AvgIpc) is 2.92. The highest BCUT2D eigenvalue weighted by Gasteiger charge is 2.20. The first-order valence-electron chi connectivity index (χ1n) is 12.0. The van der Waals surface area contributed by atoms with Crippen molar-refractivity contribution in [2.24, 2.45) is 5.14 Å². The molecule has 228 valence electrons. The summed E-state index contributed by atoms with van der Waals surface area (Å²) in [5, 5.41) is 4.92. The third-order valence-electron chi connectivity index (χ3n) is 5.50. The van der Waals surface area contributed by atoms with E-state index >= 15 is 0 Å². The molecule has 0 spiro atoms. The van der Waals surface area contributed by atoms with Crippen molar-refractivity contribution in [3.8, 4) is 0 Å². The first-order chi connectivity index (χ1) is 20.6. The maximum atomic E-state index is 14.0. The molecule has 0 aliphatic rings. The minimum Gasteiger partial charge on any atom is -0.276 e. The van der Waals surface area contributed by atoms with Crippen molar-refractivity contribution in [1.82, 2.24) is 4.72 Å². The number of benzene rings is 4. The number of amides is 1. The second-order valence-electron chi connectivity index (χ2n) is 8.72. The van der Waals surface area contributed by atoms with Gasteiger partial charge in [-0.05, 0) is 83.4 Å². The molecule has 1 amide bonds. The Hall–Kier alpha value is -4.00. The second kappa shape index (κ2) is 15.1. The van der Waals surface area contributed by atoms with Gasteiger partial charge in [-0.15, -0.1) is 0 Å². The van der Waals surface area contributed by atoms with Crippen LogP contribution in [0.4, 0.5) is 17.6 Å². The number of nitrogens with one attached hydrogen (secondary N) is 1. The lowest BCUT2D eigenvalue weighted by Crippen LogP contribution is -2.36. The minimum atomic E-state index is -4.35. The van der Waals surface area contributed by atoms with Crippen molar-refractivity contribution in [2.75, 3.05) is 0 Å². The van der Waals surface area contributed by atoms with E-state index in [4.69, 9.17) is 39.9 Å². The zero-order chi connectivity index (χ0) is 32.6. The van der Waals surface area contributed by atoms with E-state index in [2.05, 4.69) is 0 Å². The minimum absolute atomic E-state index is 0.0495. The summed E-state index contributed by atoms with van der Waals surface area (Å²) >= 11 is 17.0. The molecule has 0 fully saturated rings. The normalized spacial score (nSPS) is 11.8. The van der Waals surface area contributed by atoms with Crippen molar-refractivity contribution >= 4 is 79.5 Å². The lowest BCUT2D eigenvalue weighted by Gasteiger charge is -2.09. The number of nitrogens with two attached hydrogens (primary N) is 1. The fraction of sp³-hybridized carbons (Fsp3) is 0. The van der Waals surface area contributed by atoms with Gasteiger partial charge in [0.1, 0.15) is 23.3 Å². The van der Waals surface area contributed by atoms with Crippen molar-refractivity contribution in [3.63, 3.8) is 0 Å². The molecule has 0 saturated heterocycles. The quantitative estimate of drug-likeness (QED) is 0.0915. The van der Waals surface area contributed by atoms with Crippen LogP contribution < -0.4 is 9.86 Å². The van der Waals surface area contributed by atoms with Crippen LogP contribution in [-0.2, 0) is 19.8 Å². The van der Waals surface area contributed by atoms with Gasteiger partial charge in [-0.25, -0.2) is 27.4 Å². The zero-order valence-corrected chi connectivity index (χ0v) is 25.1. The van der Waals surface area contributed by atoms with Gasteiger partial charge in [-0.3, -0.25) is 9.59 Å². The van der Waals surface area contributed by atoms with Crippen LogP contribution in [0.3, 0.4) is 0 Å². The molecule has 0 aliphatic heterocycles. The number of rotatable bonds is 7. The number of hydrogen-bond acceptors (Lipinski definition) is 4. The van der Waals surface area contributed by atoms with Crippen molar-refractivity contribution in [2.45, 2.75) is 0 Å². The molecule has 6 nitrogen and oxygen atoms in total. The Morgan fingerprint density at radius 2 is 1.05 bits per heavy atom. The van der Waals surface area contributed by atoms with E-state index in [0.717, 1.165) is 18.2 Å². The molecule has 3 N–H and O–H groups in total. The van der Waals surface area contributed by atoms with E-state index in [1.807, 2.05) is 0 Å². The maximum Gasteiger partial charge on any atom is 0.298 e. The van der Waals surface area contributed by atoms with Gasteiger partial charge < -0.3 is 0 Å². The standard InChI is InChI=1S/C15H8Cl2F2O.C15H11ClF2N2O3S/c16-10-3-1-9(2-4-10)7-13(15(17)20)12-6-5-11(18)8-14(12)19;16-10-3-1-9(2-4-10)7-13(15(21)20-24(19,22)23)12-6-5-11(17)8-14(12)18/h1-8H;1-8H,(H,20,21)(H2,19,22,23)/b2*13-7+. The van der Waals surface area contributed by atoms with Crippen molar-refractivity contribution in [1.29, 1.82) is 0 Å². The van der Waals surface area contributed by atoms with Crippen LogP contribution in [0.5, 0.6) is 0 Å². The lowest BCUT2D eigenvalue weighted by molar-refractivity contribution is -0.114. The summed E-state index contributed by atoms with van der Waals surface area (Å²) in [6.07, 6.45) is 2.65. The average molecular weight is 686 g/mol. The first-order valence-corrected chi connectivity index (χ1v) is 14.7. The fourth-order valence-corrected chi connectivity index (χ4v) is 4.33. The summed E-state index contributed by atoms with van der Waals surface area (Å²) in [6.45, 7) is 0. The summed E-state index contributed by atoms with van der Waals surface area (Å²) in [7, 11) is -4.35. The van der Waals surface area contributed by atoms with Crippen LogP contribution in [0.1, 0.15) is 22.3 Å². The Morgan fingerprint density at radius 3 is 1.41 bits per heavy atom. The van der Waals surface area contributed by atoms with Gasteiger partial charge in [0, 0.05) is 38.9 Å². The molecule has 14 heteroatoms. The van der Waals surface area contributed by atoms with Crippen LogP contribution in [0.2, 0.25) is 10.0 Å². The van der Waals surface area contributed by atoms with E-state index in [-0.39, 0.29) is 22.3 Å². The molecule has 0 aliphatic carbocycles. The number of carbonyl (C=O) groups is 2. The Balaban J connectivity index is 0.000000244. The number of halogens is 7. The molecule has 0 bridgehead atoms. The van der Waals surface area contributed by atoms with E-state index in [1.54, 1.807) is 29.0 Å². The third kappa shape index (κ3) is 10.3. The van der Waals surface area contributed by atoms with E-state index in [1.165, 1.54) is 42.5 Å². The van der Waals surface area contributed by atoms with Crippen LogP contribution >= 0.6 is 34.8 Å². The maximum absolute atomic E-state index is 14.0. The van der Waals surface area contributed by atoms with E-state index in [0.29, 0.717) is 33.3 Å². The van der Waals surface area contributed by atoms with Gasteiger partial charge in [-0.2, -0.15) is 8.42 Å². The molecular formula is C30H19Cl3F4N2O4S. The molecule has 0 saturated carbocycles. The number of allylic oxidation sites excluding steroid dienone is 1. The smallest absolute Gasteiger partial charge is 0.276 e. The Kier molecular flexibility index (Phi) is 11.9. The molecule has 0 radical (unpaired) electrons. The lowest BCUT2D eigenvalue weighted by atomic mass is 10.0. The molecule has 0 aromatic heterocycles. The summed E-state index contributed by atoms with van der Waals surface area (Å²) < 4.78 is 77.3. The first kappa shape index (κ1) is 34.5. The van der Waals surface area contributed by atoms with Gasteiger partial charge in [-0.1, -0.05) is 47.5 Å². The largest absolute Gasteiger partial charge is 0.298 e. The monoisotopic (exact) mass is 684 g/mol. The SMILES string of the molecule is NS(=O)(=O)NC(=O)/C(=C/c1ccc(Cl)cc1)c1ccc(F)cc1F.O=C(Cl)/C(=C/c1ccc(Cl)cc1)c1ccc(F)cc1F. The molecule has 4 aromatic carbocycles.